The smallest absolute Gasteiger partial charge is 0.0453 e. The number of benzene rings is 1. The summed E-state index contributed by atoms with van der Waals surface area (Å²) in [5, 5.41) is 4.35. The summed E-state index contributed by atoms with van der Waals surface area (Å²) in [6.07, 6.45) is 1.24. The highest BCUT2D eigenvalue weighted by atomic mass is 35.5. The Morgan fingerprint density at radius 1 is 1.16 bits per heavy atom. The first-order chi connectivity index (χ1) is 9.02. The molecule has 3 heteroatoms. The lowest BCUT2D eigenvalue weighted by Gasteiger charge is -2.26. The maximum absolute atomic E-state index is 6.24. The number of halogens is 1. The predicted octanol–water partition coefficient (Wildman–Crippen LogP) is 3.97. The number of nitrogens with one attached hydrogen (secondary N) is 1. The number of rotatable bonds is 8. The highest BCUT2D eigenvalue weighted by Crippen LogP contribution is 2.25. The van der Waals surface area contributed by atoms with Gasteiger partial charge in [-0.2, -0.15) is 0 Å². The zero-order chi connectivity index (χ0) is 14.3. The van der Waals surface area contributed by atoms with Crippen LogP contribution in [0.3, 0.4) is 0 Å². The number of hydrogen-bond donors (Lipinski definition) is 1. The molecule has 1 rings (SSSR count). The van der Waals surface area contributed by atoms with Crippen LogP contribution in [-0.2, 0) is 0 Å². The van der Waals surface area contributed by atoms with Crippen LogP contribution in [0.2, 0.25) is 5.02 Å². The molecule has 0 radical (unpaired) electrons. The van der Waals surface area contributed by atoms with Crippen molar-refractivity contribution in [2.75, 3.05) is 26.7 Å². The largest absolute Gasteiger partial charge is 0.315 e. The summed E-state index contributed by atoms with van der Waals surface area (Å²) in [5.41, 5.74) is 1.20. The number of hydrogen-bond acceptors (Lipinski definition) is 2. The Balaban J connectivity index is 2.33. The number of nitrogens with zero attached hydrogens (tertiary/aromatic N) is 1. The Morgan fingerprint density at radius 2 is 1.84 bits per heavy atom. The van der Waals surface area contributed by atoms with Crippen LogP contribution in [0.4, 0.5) is 0 Å². The molecule has 0 saturated heterocycles. The summed E-state index contributed by atoms with van der Waals surface area (Å²) in [5.74, 6) is 0.771. The lowest BCUT2D eigenvalue weighted by atomic mass is 10.1. The van der Waals surface area contributed by atoms with Crippen LogP contribution in [0.25, 0.3) is 0 Å². The average Bonchev–Trinajstić information content (AvgIpc) is 2.37. The van der Waals surface area contributed by atoms with Crippen molar-refractivity contribution in [3.05, 3.63) is 34.9 Å². The second kappa shape index (κ2) is 8.57. The molecule has 1 aromatic carbocycles. The fourth-order valence-corrected chi connectivity index (χ4v) is 2.31. The molecule has 19 heavy (non-hydrogen) atoms. The van der Waals surface area contributed by atoms with Gasteiger partial charge in [-0.05, 0) is 44.5 Å². The predicted molar refractivity (Wildman–Crippen MR) is 84.8 cm³/mol. The highest BCUT2D eigenvalue weighted by molar-refractivity contribution is 6.31. The van der Waals surface area contributed by atoms with E-state index in [2.05, 4.69) is 44.1 Å². The van der Waals surface area contributed by atoms with Gasteiger partial charge < -0.3 is 5.32 Å². The van der Waals surface area contributed by atoms with E-state index in [0.717, 1.165) is 30.6 Å². The normalized spacial score (nSPS) is 13.2. The van der Waals surface area contributed by atoms with Crippen molar-refractivity contribution in [1.29, 1.82) is 0 Å². The van der Waals surface area contributed by atoms with Gasteiger partial charge in [-0.25, -0.2) is 0 Å². The number of likely N-dealkylation sites (N-methyl/N-ethyl adjacent to an activating group) is 1. The molecule has 1 aromatic rings. The van der Waals surface area contributed by atoms with Gasteiger partial charge >= 0.3 is 0 Å². The van der Waals surface area contributed by atoms with Crippen molar-refractivity contribution in [1.82, 2.24) is 10.2 Å². The minimum atomic E-state index is 0.348. The van der Waals surface area contributed by atoms with E-state index in [9.17, 15) is 0 Å². The zero-order valence-corrected chi connectivity index (χ0v) is 13.4. The topological polar surface area (TPSA) is 15.3 Å². The van der Waals surface area contributed by atoms with Gasteiger partial charge in [0.15, 0.2) is 0 Å². The molecule has 0 heterocycles. The molecule has 108 valence electrons. The van der Waals surface area contributed by atoms with Gasteiger partial charge in [-0.1, -0.05) is 43.6 Å². The molecule has 0 aromatic heterocycles. The van der Waals surface area contributed by atoms with E-state index < -0.39 is 0 Å². The standard InChI is InChI=1S/C16H27ClN2/c1-13(2)9-10-18-11-12-19(4)14(3)15-7-5-6-8-16(15)17/h5-8,13-14,18H,9-12H2,1-4H3. The van der Waals surface area contributed by atoms with E-state index in [0.29, 0.717) is 6.04 Å². The van der Waals surface area contributed by atoms with Crippen LogP contribution in [0.5, 0.6) is 0 Å². The molecule has 1 unspecified atom stereocenters. The summed E-state index contributed by atoms with van der Waals surface area (Å²) >= 11 is 6.24. The molecular weight excluding hydrogens is 256 g/mol. The van der Waals surface area contributed by atoms with Crippen molar-refractivity contribution in [2.24, 2.45) is 5.92 Å². The van der Waals surface area contributed by atoms with E-state index in [1.807, 2.05) is 18.2 Å². The molecule has 1 atom stereocenters. The van der Waals surface area contributed by atoms with Crippen LogP contribution in [0.1, 0.15) is 38.8 Å². The summed E-state index contributed by atoms with van der Waals surface area (Å²) in [6.45, 7) is 9.88. The second-order valence-corrected chi connectivity index (χ2v) is 6.02. The van der Waals surface area contributed by atoms with E-state index >= 15 is 0 Å². The molecule has 0 aliphatic rings. The minimum absolute atomic E-state index is 0.348. The van der Waals surface area contributed by atoms with E-state index in [1.54, 1.807) is 0 Å². The Hall–Kier alpha value is -0.570. The molecule has 0 bridgehead atoms. The summed E-state index contributed by atoms with van der Waals surface area (Å²) in [7, 11) is 2.15. The third kappa shape index (κ3) is 5.94. The summed E-state index contributed by atoms with van der Waals surface area (Å²) < 4.78 is 0. The molecule has 0 aliphatic carbocycles. The van der Waals surface area contributed by atoms with E-state index in [1.165, 1.54) is 12.0 Å². The fraction of sp³-hybridized carbons (Fsp3) is 0.625. The van der Waals surface area contributed by atoms with Crippen LogP contribution in [0, 0.1) is 5.92 Å². The SMILES string of the molecule is CC(C)CCNCCN(C)C(C)c1ccccc1Cl. The van der Waals surface area contributed by atoms with Crippen LogP contribution in [0.15, 0.2) is 24.3 Å². The molecule has 0 fully saturated rings. The van der Waals surface area contributed by atoms with E-state index in [-0.39, 0.29) is 0 Å². The lowest BCUT2D eigenvalue weighted by molar-refractivity contribution is 0.261. The maximum Gasteiger partial charge on any atom is 0.0453 e. The van der Waals surface area contributed by atoms with Gasteiger partial charge in [0.05, 0.1) is 0 Å². The van der Waals surface area contributed by atoms with Gasteiger partial charge in [0, 0.05) is 24.2 Å². The first kappa shape index (κ1) is 16.5. The molecule has 0 aliphatic heterocycles. The van der Waals surface area contributed by atoms with Crippen molar-refractivity contribution in [3.8, 4) is 0 Å². The zero-order valence-electron chi connectivity index (χ0n) is 12.6. The fourth-order valence-electron chi connectivity index (χ4n) is 2.02. The van der Waals surface area contributed by atoms with Crippen molar-refractivity contribution < 1.29 is 0 Å². The van der Waals surface area contributed by atoms with Crippen molar-refractivity contribution in [2.45, 2.75) is 33.2 Å². The first-order valence-electron chi connectivity index (χ1n) is 7.17. The van der Waals surface area contributed by atoms with Gasteiger partial charge in [0.1, 0.15) is 0 Å². The Bertz CT molecular complexity index is 366. The van der Waals surface area contributed by atoms with Crippen LogP contribution >= 0.6 is 11.6 Å². The van der Waals surface area contributed by atoms with Crippen LogP contribution < -0.4 is 5.32 Å². The lowest BCUT2D eigenvalue weighted by Crippen LogP contribution is -2.32. The summed E-state index contributed by atoms with van der Waals surface area (Å²) in [4.78, 5) is 2.34. The molecular formula is C16H27ClN2. The maximum atomic E-state index is 6.24. The van der Waals surface area contributed by atoms with Crippen molar-refractivity contribution in [3.63, 3.8) is 0 Å². The molecule has 0 spiro atoms. The quantitative estimate of drug-likeness (QED) is 0.726. The Morgan fingerprint density at radius 3 is 2.47 bits per heavy atom. The molecule has 0 saturated carbocycles. The minimum Gasteiger partial charge on any atom is -0.315 e. The van der Waals surface area contributed by atoms with Gasteiger partial charge in [-0.3, -0.25) is 4.90 Å². The van der Waals surface area contributed by atoms with Gasteiger partial charge in [0.2, 0.25) is 0 Å². The summed E-state index contributed by atoms with van der Waals surface area (Å²) in [6, 6.07) is 8.44. The van der Waals surface area contributed by atoms with Crippen molar-refractivity contribution >= 4 is 11.6 Å². The molecule has 0 amide bonds. The monoisotopic (exact) mass is 282 g/mol. The molecule has 2 nitrogen and oxygen atoms in total. The average molecular weight is 283 g/mol. The second-order valence-electron chi connectivity index (χ2n) is 5.61. The Labute approximate surface area is 123 Å². The third-order valence-electron chi connectivity index (χ3n) is 3.56. The van der Waals surface area contributed by atoms with Crippen LogP contribution in [-0.4, -0.2) is 31.6 Å². The van der Waals surface area contributed by atoms with Gasteiger partial charge in [-0.15, -0.1) is 0 Å². The molecule has 1 N–H and O–H groups in total. The Kier molecular flexibility index (Phi) is 7.44. The first-order valence-corrected chi connectivity index (χ1v) is 7.55. The van der Waals surface area contributed by atoms with E-state index in [4.69, 9.17) is 11.6 Å². The van der Waals surface area contributed by atoms with Gasteiger partial charge in [0.25, 0.3) is 0 Å². The third-order valence-corrected chi connectivity index (χ3v) is 3.90. The highest BCUT2D eigenvalue weighted by Gasteiger charge is 2.13.